The number of benzene rings is 2. The van der Waals surface area contributed by atoms with Crippen molar-refractivity contribution < 1.29 is 19.4 Å². The molecule has 28 heavy (non-hydrogen) atoms. The van der Waals surface area contributed by atoms with Crippen molar-refractivity contribution in [1.29, 1.82) is 0 Å². The first-order valence-corrected chi connectivity index (χ1v) is 9.90. The summed E-state index contributed by atoms with van der Waals surface area (Å²) >= 11 is 0. The molecular weight excluding hydrogens is 350 g/mol. The highest BCUT2D eigenvalue weighted by atomic mass is 16.2. The molecule has 1 amide bonds. The molecule has 0 saturated carbocycles. The maximum atomic E-state index is 12.4. The number of hydrogen-bond acceptors (Lipinski definition) is 2. The van der Waals surface area contributed by atoms with Crippen molar-refractivity contribution in [1.82, 2.24) is 0 Å². The molecule has 0 atom stereocenters. The number of carbonyl (C=O) groups excluding carboxylic acids is 2. The first kappa shape index (κ1) is 20.0. The highest BCUT2D eigenvalue weighted by Crippen LogP contribution is 2.15. The van der Waals surface area contributed by atoms with E-state index in [9.17, 15) is 9.59 Å². The molecule has 0 bridgehead atoms. The van der Waals surface area contributed by atoms with E-state index in [-0.39, 0.29) is 11.7 Å². The average Bonchev–Trinajstić information content (AvgIpc) is 2.70. The van der Waals surface area contributed by atoms with Crippen LogP contribution >= 0.6 is 0 Å². The molecule has 1 aliphatic rings. The first-order valence-electron chi connectivity index (χ1n) is 9.90. The van der Waals surface area contributed by atoms with E-state index in [4.69, 9.17) is 0 Å². The van der Waals surface area contributed by atoms with Gasteiger partial charge in [0.25, 0.3) is 5.91 Å². The summed E-state index contributed by atoms with van der Waals surface area (Å²) in [4.78, 5) is 26.9. The topological polar surface area (TPSA) is 55.0 Å². The molecule has 5 nitrogen and oxygen atoms in total. The summed E-state index contributed by atoms with van der Waals surface area (Å²) < 4.78 is 0. The number of piperazine rings is 1. The van der Waals surface area contributed by atoms with Crippen LogP contribution in [-0.4, -0.2) is 51.0 Å². The third-order valence-corrected chi connectivity index (χ3v) is 5.17. The van der Waals surface area contributed by atoms with Gasteiger partial charge in [0, 0.05) is 5.56 Å². The molecule has 0 spiro atoms. The molecule has 3 rings (SSSR count). The van der Waals surface area contributed by atoms with Gasteiger partial charge in [0.2, 0.25) is 0 Å². The second-order valence-corrected chi connectivity index (χ2v) is 7.34. The lowest BCUT2D eigenvalue weighted by molar-refractivity contribution is -1.01. The first-order chi connectivity index (χ1) is 13.6. The van der Waals surface area contributed by atoms with Gasteiger partial charge in [-0.2, -0.15) is 0 Å². The molecule has 1 fully saturated rings. The predicted molar refractivity (Wildman–Crippen MR) is 112 cm³/mol. The fourth-order valence-corrected chi connectivity index (χ4v) is 3.58. The number of quaternary nitrogens is 2. The molecule has 1 aliphatic heterocycles. The zero-order valence-corrected chi connectivity index (χ0v) is 16.4. The van der Waals surface area contributed by atoms with Crippen molar-refractivity contribution in [3.63, 3.8) is 0 Å². The van der Waals surface area contributed by atoms with Gasteiger partial charge in [-0.25, -0.2) is 0 Å². The maximum absolute atomic E-state index is 12.4. The maximum Gasteiger partial charge on any atom is 0.279 e. The molecule has 2 aromatic rings. The number of nitrogens with one attached hydrogen (secondary N) is 3. The van der Waals surface area contributed by atoms with E-state index < -0.39 is 0 Å². The molecule has 0 unspecified atom stereocenters. The normalized spacial score (nSPS) is 19.5. The van der Waals surface area contributed by atoms with Gasteiger partial charge in [-0.1, -0.05) is 48.5 Å². The van der Waals surface area contributed by atoms with Crippen molar-refractivity contribution in [2.24, 2.45) is 0 Å². The Morgan fingerprint density at radius 3 is 2.29 bits per heavy atom. The minimum Gasteiger partial charge on any atom is -0.322 e. The molecule has 0 aromatic heterocycles. The minimum atomic E-state index is -0.0379. The quantitative estimate of drug-likeness (QED) is 0.607. The number of para-hydroxylation sites is 1. The number of carbonyl (C=O) groups is 2. The van der Waals surface area contributed by atoms with E-state index in [0.29, 0.717) is 17.8 Å². The van der Waals surface area contributed by atoms with Crippen molar-refractivity contribution in [3.05, 3.63) is 71.8 Å². The highest BCUT2D eigenvalue weighted by molar-refractivity contribution is 6.03. The molecular formula is C23H29N3O2+2. The minimum absolute atomic E-state index is 0.0314. The summed E-state index contributed by atoms with van der Waals surface area (Å²) in [5.41, 5.74) is 2.40. The summed E-state index contributed by atoms with van der Waals surface area (Å²) in [6.07, 6.45) is 4.41. The number of Topliss-reactive ketones (excluding diaryl/α,β-unsaturated/α-hetero) is 1. The SMILES string of the molecule is CC(=O)c1ccccc1NC(=O)C[NH+]1CC[NH+](C/C=C/c2ccccc2)CC1. The lowest BCUT2D eigenvalue weighted by Gasteiger charge is -2.28. The Hall–Kier alpha value is -2.76. The van der Waals surface area contributed by atoms with E-state index in [2.05, 4.69) is 41.7 Å². The van der Waals surface area contributed by atoms with Crippen LogP contribution in [-0.2, 0) is 4.79 Å². The zero-order chi connectivity index (χ0) is 19.8. The van der Waals surface area contributed by atoms with Gasteiger partial charge in [-0.3, -0.25) is 9.59 Å². The van der Waals surface area contributed by atoms with Crippen molar-refractivity contribution >= 4 is 23.5 Å². The van der Waals surface area contributed by atoms with Crippen LogP contribution in [0.1, 0.15) is 22.8 Å². The fourth-order valence-electron chi connectivity index (χ4n) is 3.58. The lowest BCUT2D eigenvalue weighted by atomic mass is 10.1. The molecule has 1 heterocycles. The van der Waals surface area contributed by atoms with Crippen LogP contribution in [0.25, 0.3) is 6.08 Å². The average molecular weight is 380 g/mol. The number of hydrogen-bond donors (Lipinski definition) is 3. The zero-order valence-electron chi connectivity index (χ0n) is 16.4. The van der Waals surface area contributed by atoms with Crippen LogP contribution in [0, 0.1) is 0 Å². The smallest absolute Gasteiger partial charge is 0.279 e. The Bertz CT molecular complexity index is 825. The van der Waals surface area contributed by atoms with Gasteiger partial charge >= 0.3 is 0 Å². The van der Waals surface area contributed by atoms with Crippen LogP contribution in [0.2, 0.25) is 0 Å². The second kappa shape index (κ2) is 9.97. The standard InChI is InChI=1S/C23H27N3O2/c1-19(27)21-11-5-6-12-22(21)24-23(28)18-26-16-14-25(15-17-26)13-7-10-20-8-3-2-4-9-20/h2-12H,13-18H2,1H3,(H,24,28)/p+2/b10-7+. The highest BCUT2D eigenvalue weighted by Gasteiger charge is 2.24. The van der Waals surface area contributed by atoms with Crippen molar-refractivity contribution in [2.45, 2.75) is 6.92 Å². The molecule has 3 N–H and O–H groups in total. The molecule has 5 heteroatoms. The van der Waals surface area contributed by atoms with E-state index in [0.717, 1.165) is 32.7 Å². The number of amides is 1. The van der Waals surface area contributed by atoms with Crippen LogP contribution in [0.15, 0.2) is 60.7 Å². The second-order valence-electron chi connectivity index (χ2n) is 7.34. The van der Waals surface area contributed by atoms with E-state index in [1.807, 2.05) is 18.2 Å². The molecule has 146 valence electrons. The Morgan fingerprint density at radius 2 is 1.57 bits per heavy atom. The summed E-state index contributed by atoms with van der Waals surface area (Å²) in [6, 6.07) is 17.5. The van der Waals surface area contributed by atoms with Crippen LogP contribution < -0.4 is 15.1 Å². The Balaban J connectivity index is 1.42. The monoisotopic (exact) mass is 379 g/mol. The Kier molecular flexibility index (Phi) is 7.12. The van der Waals surface area contributed by atoms with E-state index in [1.165, 1.54) is 17.4 Å². The molecule has 2 aromatic carbocycles. The van der Waals surface area contributed by atoms with Crippen LogP contribution in [0.5, 0.6) is 0 Å². The number of anilines is 1. The largest absolute Gasteiger partial charge is 0.322 e. The lowest BCUT2D eigenvalue weighted by Crippen LogP contribution is -3.28. The molecule has 0 aliphatic carbocycles. The van der Waals surface area contributed by atoms with Gasteiger partial charge in [-0.05, 0) is 30.7 Å². The van der Waals surface area contributed by atoms with E-state index >= 15 is 0 Å². The number of rotatable bonds is 7. The third-order valence-electron chi connectivity index (χ3n) is 5.17. The van der Waals surface area contributed by atoms with Gasteiger partial charge in [-0.15, -0.1) is 0 Å². The van der Waals surface area contributed by atoms with Gasteiger partial charge in [0.1, 0.15) is 26.2 Å². The van der Waals surface area contributed by atoms with Gasteiger partial charge in [0.05, 0.1) is 12.2 Å². The third kappa shape index (κ3) is 5.87. The molecule has 0 radical (unpaired) electrons. The summed E-state index contributed by atoms with van der Waals surface area (Å²) in [6.45, 7) is 7.06. The Labute approximate surface area is 166 Å². The molecule has 1 saturated heterocycles. The van der Waals surface area contributed by atoms with Crippen molar-refractivity contribution in [3.8, 4) is 0 Å². The summed E-state index contributed by atoms with van der Waals surface area (Å²) in [5.74, 6) is -0.0693. The number of ketones is 1. The summed E-state index contributed by atoms with van der Waals surface area (Å²) in [5, 5.41) is 2.90. The van der Waals surface area contributed by atoms with Gasteiger partial charge < -0.3 is 15.1 Å². The Morgan fingerprint density at radius 1 is 0.929 bits per heavy atom. The predicted octanol–water partition coefficient (Wildman–Crippen LogP) is 0.325. The summed E-state index contributed by atoms with van der Waals surface area (Å²) in [7, 11) is 0. The van der Waals surface area contributed by atoms with Gasteiger partial charge in [0.15, 0.2) is 12.3 Å². The van der Waals surface area contributed by atoms with Crippen molar-refractivity contribution in [2.75, 3.05) is 44.6 Å². The fraction of sp³-hybridized carbons (Fsp3) is 0.304. The van der Waals surface area contributed by atoms with E-state index in [1.54, 1.807) is 17.0 Å². The van der Waals surface area contributed by atoms with Crippen LogP contribution in [0.3, 0.4) is 0 Å². The van der Waals surface area contributed by atoms with Crippen LogP contribution in [0.4, 0.5) is 5.69 Å².